The number of anilines is 1. The Morgan fingerprint density at radius 3 is 2.22 bits per heavy atom. The third-order valence-electron chi connectivity index (χ3n) is 6.18. The van der Waals surface area contributed by atoms with Crippen LogP contribution in [0.25, 0.3) is 0 Å². The number of nitrogens with one attached hydrogen (secondary N) is 4. The molecule has 8 N–H and O–H groups in total. The molecule has 0 radical (unpaired) electrons. The lowest BCUT2D eigenvalue weighted by molar-refractivity contribution is -0.384. The number of non-ortho nitro benzene ring substituents is 1. The first-order valence-corrected chi connectivity index (χ1v) is 13.1. The summed E-state index contributed by atoms with van der Waals surface area (Å²) in [5, 5.41) is 21.3. The minimum absolute atomic E-state index is 0.112. The number of aliphatic imine (C=N–C) groups is 1. The molecule has 14 heteroatoms. The summed E-state index contributed by atoms with van der Waals surface area (Å²) >= 11 is 0. The Bertz CT molecular complexity index is 1230. The number of hydrogen-bond donors (Lipinski definition) is 6. The highest BCUT2D eigenvalue weighted by Crippen LogP contribution is 2.16. The van der Waals surface area contributed by atoms with E-state index >= 15 is 0 Å². The molecule has 3 unspecified atom stereocenters. The summed E-state index contributed by atoms with van der Waals surface area (Å²) in [5.41, 5.74) is 11.2. The van der Waals surface area contributed by atoms with Gasteiger partial charge in [0.15, 0.2) is 5.96 Å². The van der Waals surface area contributed by atoms with E-state index in [1.54, 1.807) is 30.3 Å². The molecule has 0 bridgehead atoms. The van der Waals surface area contributed by atoms with Gasteiger partial charge in [-0.1, -0.05) is 38.5 Å². The van der Waals surface area contributed by atoms with Crippen molar-refractivity contribution in [3.05, 3.63) is 70.3 Å². The predicted molar refractivity (Wildman–Crippen MR) is 154 cm³/mol. The number of rotatable bonds is 15. The minimum Gasteiger partial charge on any atom is -0.370 e. The quantitative estimate of drug-likeness (QED) is 0.0597. The fourth-order valence-corrected chi connectivity index (χ4v) is 3.71. The first-order chi connectivity index (χ1) is 19.5. The summed E-state index contributed by atoms with van der Waals surface area (Å²) in [6, 6.07) is 11.8. The van der Waals surface area contributed by atoms with E-state index in [1.165, 1.54) is 24.3 Å². The lowest BCUT2D eigenvalue weighted by Gasteiger charge is -2.24. The van der Waals surface area contributed by atoms with Crippen LogP contribution in [0.15, 0.2) is 59.6 Å². The Morgan fingerprint density at radius 2 is 1.63 bits per heavy atom. The SMILES string of the molecule is CCC(C)C(NC(=O)c1ccccc1)C(=O)NCC(=O)NC(CCCN=C(N)N)C(=O)Nc1ccc([N+](=O)[O-])cc1. The molecule has 0 saturated carbocycles. The van der Waals surface area contributed by atoms with Crippen molar-refractivity contribution in [2.24, 2.45) is 22.4 Å². The zero-order valence-corrected chi connectivity index (χ0v) is 23.0. The van der Waals surface area contributed by atoms with Crippen molar-refractivity contribution in [2.45, 2.75) is 45.2 Å². The van der Waals surface area contributed by atoms with Crippen LogP contribution < -0.4 is 32.7 Å². The molecular weight excluding hydrogens is 532 g/mol. The maximum Gasteiger partial charge on any atom is 0.269 e. The number of nitrogens with zero attached hydrogens (tertiary/aromatic N) is 2. The normalized spacial score (nSPS) is 12.6. The van der Waals surface area contributed by atoms with E-state index in [4.69, 9.17) is 11.5 Å². The molecule has 2 aromatic carbocycles. The second kappa shape index (κ2) is 16.2. The molecule has 4 amide bonds. The largest absolute Gasteiger partial charge is 0.370 e. The summed E-state index contributed by atoms with van der Waals surface area (Å²) in [4.78, 5) is 65.5. The minimum atomic E-state index is -1.02. The van der Waals surface area contributed by atoms with Crippen molar-refractivity contribution in [1.29, 1.82) is 0 Å². The van der Waals surface area contributed by atoms with Crippen molar-refractivity contribution in [1.82, 2.24) is 16.0 Å². The van der Waals surface area contributed by atoms with Crippen LogP contribution >= 0.6 is 0 Å². The second-order valence-electron chi connectivity index (χ2n) is 9.28. The van der Waals surface area contributed by atoms with Crippen LogP contribution in [0.5, 0.6) is 0 Å². The Labute approximate surface area is 237 Å². The third-order valence-corrected chi connectivity index (χ3v) is 6.18. The van der Waals surface area contributed by atoms with Gasteiger partial charge in [0.1, 0.15) is 12.1 Å². The highest BCUT2D eigenvalue weighted by atomic mass is 16.6. The summed E-state index contributed by atoms with van der Waals surface area (Å²) < 4.78 is 0. The summed E-state index contributed by atoms with van der Waals surface area (Å²) in [7, 11) is 0. The topological polar surface area (TPSA) is 224 Å². The average molecular weight is 569 g/mol. The van der Waals surface area contributed by atoms with Gasteiger partial charge in [-0.25, -0.2) is 0 Å². The van der Waals surface area contributed by atoms with Gasteiger partial charge in [-0.3, -0.25) is 34.3 Å². The number of nitrogens with two attached hydrogens (primary N) is 2. The number of nitro groups is 1. The number of amides is 4. The molecule has 0 spiro atoms. The molecule has 0 fully saturated rings. The lowest BCUT2D eigenvalue weighted by Crippen LogP contribution is -2.53. The molecule has 3 atom stereocenters. The van der Waals surface area contributed by atoms with Gasteiger partial charge < -0.3 is 32.7 Å². The summed E-state index contributed by atoms with van der Waals surface area (Å²) in [6.45, 7) is 3.46. The van der Waals surface area contributed by atoms with Crippen molar-refractivity contribution in [2.75, 3.05) is 18.4 Å². The number of carbonyl (C=O) groups is 4. The predicted octanol–water partition coefficient (Wildman–Crippen LogP) is 1.03. The maximum absolute atomic E-state index is 13.0. The Hall–Kier alpha value is -5.01. The van der Waals surface area contributed by atoms with Gasteiger partial charge >= 0.3 is 0 Å². The van der Waals surface area contributed by atoms with Crippen LogP contribution in [0.2, 0.25) is 0 Å². The van der Waals surface area contributed by atoms with Crippen molar-refractivity contribution in [3.8, 4) is 0 Å². The van der Waals surface area contributed by atoms with Gasteiger partial charge in [0.2, 0.25) is 17.7 Å². The highest BCUT2D eigenvalue weighted by molar-refractivity contribution is 5.99. The first kappa shape index (κ1) is 32.2. The second-order valence-corrected chi connectivity index (χ2v) is 9.28. The standard InChI is InChI=1S/C27H36N8O6/c1-3-17(2)23(34-24(37)18-8-5-4-6-9-18)26(39)31-16-22(36)33-21(10-7-15-30-27(28)29)25(38)32-19-11-13-20(14-12-19)35(40)41/h4-6,8-9,11-14,17,21,23H,3,7,10,15-16H2,1-2H3,(H,31,39)(H,32,38)(H,33,36)(H,34,37)(H4,28,29,30). The number of guanidine groups is 1. The third kappa shape index (κ3) is 10.9. The zero-order valence-electron chi connectivity index (χ0n) is 23.0. The van der Waals surface area contributed by atoms with Gasteiger partial charge in [-0.15, -0.1) is 0 Å². The molecule has 14 nitrogen and oxygen atoms in total. The summed E-state index contributed by atoms with van der Waals surface area (Å²) in [5.74, 6) is -2.50. The number of nitro benzene ring substituents is 1. The fraction of sp³-hybridized carbons (Fsp3) is 0.370. The van der Waals surface area contributed by atoms with Gasteiger partial charge in [0.05, 0.1) is 11.5 Å². The van der Waals surface area contributed by atoms with Crippen LogP contribution in [0.1, 0.15) is 43.5 Å². The van der Waals surface area contributed by atoms with Crippen molar-refractivity contribution < 1.29 is 24.1 Å². The number of hydrogen-bond acceptors (Lipinski definition) is 7. The molecule has 0 heterocycles. The van der Waals surface area contributed by atoms with E-state index in [1.807, 2.05) is 13.8 Å². The van der Waals surface area contributed by atoms with E-state index in [9.17, 15) is 29.3 Å². The Balaban J connectivity index is 2.03. The van der Waals surface area contributed by atoms with E-state index < -0.39 is 47.2 Å². The smallest absolute Gasteiger partial charge is 0.269 e. The molecule has 0 aliphatic carbocycles. The maximum atomic E-state index is 13.0. The van der Waals surface area contributed by atoms with Gasteiger partial charge in [0.25, 0.3) is 11.6 Å². The number of benzene rings is 2. The molecule has 2 rings (SSSR count). The first-order valence-electron chi connectivity index (χ1n) is 13.1. The van der Waals surface area contributed by atoms with E-state index in [-0.39, 0.29) is 30.5 Å². The van der Waals surface area contributed by atoms with Crippen LogP contribution in [0, 0.1) is 16.0 Å². The Morgan fingerprint density at radius 1 is 0.976 bits per heavy atom. The molecule has 0 aliphatic rings. The zero-order chi connectivity index (χ0) is 30.4. The molecule has 0 saturated heterocycles. The van der Waals surface area contributed by atoms with Crippen LogP contribution in [-0.2, 0) is 14.4 Å². The monoisotopic (exact) mass is 568 g/mol. The van der Waals surface area contributed by atoms with Crippen LogP contribution in [-0.4, -0.2) is 59.7 Å². The average Bonchev–Trinajstić information content (AvgIpc) is 2.96. The Kier molecular flexibility index (Phi) is 12.7. The molecular formula is C27H36N8O6. The van der Waals surface area contributed by atoms with Gasteiger partial charge in [-0.05, 0) is 43.0 Å². The van der Waals surface area contributed by atoms with Crippen LogP contribution in [0.4, 0.5) is 11.4 Å². The highest BCUT2D eigenvalue weighted by Gasteiger charge is 2.27. The van der Waals surface area contributed by atoms with E-state index in [0.717, 1.165) is 0 Å². The number of carbonyl (C=O) groups excluding carboxylic acids is 4. The summed E-state index contributed by atoms with van der Waals surface area (Å²) in [6.07, 6.45) is 1.11. The molecule has 0 aliphatic heterocycles. The van der Waals surface area contributed by atoms with E-state index in [2.05, 4.69) is 26.3 Å². The van der Waals surface area contributed by atoms with Crippen LogP contribution in [0.3, 0.4) is 0 Å². The molecule has 2 aromatic rings. The lowest BCUT2D eigenvalue weighted by atomic mass is 9.98. The van der Waals surface area contributed by atoms with Crippen molar-refractivity contribution >= 4 is 41.0 Å². The van der Waals surface area contributed by atoms with Gasteiger partial charge in [-0.2, -0.15) is 0 Å². The molecule has 41 heavy (non-hydrogen) atoms. The van der Waals surface area contributed by atoms with E-state index in [0.29, 0.717) is 24.1 Å². The molecule has 0 aromatic heterocycles. The van der Waals surface area contributed by atoms with Crippen molar-refractivity contribution in [3.63, 3.8) is 0 Å². The fourth-order valence-electron chi connectivity index (χ4n) is 3.71. The molecule has 220 valence electrons. The van der Waals surface area contributed by atoms with Gasteiger partial charge in [0, 0.05) is 29.9 Å².